The molecule has 106 valence electrons. The second-order valence-corrected chi connectivity index (χ2v) is 5.03. The van der Waals surface area contributed by atoms with E-state index in [1.54, 1.807) is 6.07 Å². The van der Waals surface area contributed by atoms with Crippen molar-refractivity contribution in [3.8, 4) is 0 Å². The van der Waals surface area contributed by atoms with Gasteiger partial charge in [0.15, 0.2) is 5.82 Å². The third-order valence-electron chi connectivity index (χ3n) is 3.07. The van der Waals surface area contributed by atoms with E-state index in [1.807, 2.05) is 0 Å². The molecule has 0 radical (unpaired) electrons. The first-order valence-electron chi connectivity index (χ1n) is 6.80. The van der Waals surface area contributed by atoms with Crippen molar-refractivity contribution in [2.24, 2.45) is 0 Å². The summed E-state index contributed by atoms with van der Waals surface area (Å²) in [5.41, 5.74) is 0. The Morgan fingerprint density at radius 2 is 2.26 bits per heavy atom. The minimum atomic E-state index is -0.0198. The fraction of sp³-hybridized carbons (Fsp3) is 0.692. The van der Waals surface area contributed by atoms with Gasteiger partial charge in [-0.1, -0.05) is 11.6 Å². The lowest BCUT2D eigenvalue weighted by molar-refractivity contribution is 0.105. The van der Waals surface area contributed by atoms with Crippen LogP contribution in [0.15, 0.2) is 6.07 Å². The van der Waals surface area contributed by atoms with Gasteiger partial charge in [0.05, 0.1) is 0 Å². The first-order valence-corrected chi connectivity index (χ1v) is 7.18. The van der Waals surface area contributed by atoms with Crippen molar-refractivity contribution in [2.75, 3.05) is 25.1 Å². The van der Waals surface area contributed by atoms with Gasteiger partial charge >= 0.3 is 0 Å². The Hall–Kier alpha value is -0.910. The molecular weight excluding hydrogens is 266 g/mol. The largest absolute Gasteiger partial charge is 0.396 e. The van der Waals surface area contributed by atoms with Crippen molar-refractivity contribution >= 4 is 17.4 Å². The molecule has 0 saturated carbocycles. The van der Waals surface area contributed by atoms with Gasteiger partial charge in [-0.2, -0.15) is 0 Å². The van der Waals surface area contributed by atoms with Crippen LogP contribution in [0.3, 0.4) is 0 Å². The molecule has 1 saturated heterocycles. The molecule has 0 aliphatic carbocycles. The third-order valence-corrected chi connectivity index (χ3v) is 3.26. The summed E-state index contributed by atoms with van der Waals surface area (Å²) < 4.78 is 5.57. The Morgan fingerprint density at radius 1 is 1.37 bits per heavy atom. The van der Waals surface area contributed by atoms with E-state index in [-0.39, 0.29) is 12.7 Å². The molecule has 1 unspecified atom stereocenters. The number of rotatable bonds is 7. The number of anilines is 1. The maximum Gasteiger partial charge on any atom is 0.161 e. The number of halogens is 1. The molecule has 19 heavy (non-hydrogen) atoms. The first-order chi connectivity index (χ1) is 9.29. The zero-order valence-corrected chi connectivity index (χ0v) is 11.7. The van der Waals surface area contributed by atoms with Crippen LogP contribution in [0, 0.1) is 0 Å². The van der Waals surface area contributed by atoms with E-state index in [0.717, 1.165) is 51.1 Å². The fourth-order valence-corrected chi connectivity index (χ4v) is 2.27. The van der Waals surface area contributed by atoms with E-state index in [4.69, 9.17) is 21.4 Å². The molecule has 6 heteroatoms. The highest BCUT2D eigenvalue weighted by atomic mass is 35.5. The smallest absolute Gasteiger partial charge is 0.161 e. The van der Waals surface area contributed by atoms with E-state index in [0.29, 0.717) is 11.0 Å². The molecule has 1 aliphatic rings. The van der Waals surface area contributed by atoms with Crippen LogP contribution in [0.25, 0.3) is 0 Å². The van der Waals surface area contributed by atoms with Gasteiger partial charge in [-0.3, -0.25) is 0 Å². The van der Waals surface area contributed by atoms with Gasteiger partial charge in [0.1, 0.15) is 17.1 Å². The van der Waals surface area contributed by atoms with Crippen LogP contribution >= 0.6 is 11.6 Å². The van der Waals surface area contributed by atoms with Crippen molar-refractivity contribution in [3.05, 3.63) is 17.0 Å². The van der Waals surface area contributed by atoms with E-state index in [9.17, 15) is 0 Å². The Balaban J connectivity index is 1.89. The van der Waals surface area contributed by atoms with Crippen molar-refractivity contribution in [2.45, 2.75) is 38.2 Å². The maximum absolute atomic E-state index is 8.70. The molecule has 2 rings (SSSR count). The quantitative estimate of drug-likeness (QED) is 0.595. The molecule has 2 heterocycles. The van der Waals surface area contributed by atoms with E-state index < -0.39 is 0 Å². The molecule has 0 spiro atoms. The minimum Gasteiger partial charge on any atom is -0.396 e. The number of hydrogen-bond acceptors (Lipinski definition) is 5. The Labute approximate surface area is 118 Å². The molecule has 5 nitrogen and oxygen atoms in total. The van der Waals surface area contributed by atoms with Crippen LogP contribution in [0.1, 0.15) is 44.0 Å². The highest BCUT2D eigenvalue weighted by molar-refractivity contribution is 6.29. The van der Waals surface area contributed by atoms with Gasteiger partial charge in [-0.05, 0) is 32.1 Å². The van der Waals surface area contributed by atoms with Gasteiger partial charge < -0.3 is 15.2 Å². The maximum atomic E-state index is 8.70. The molecule has 1 aromatic rings. The fourth-order valence-electron chi connectivity index (χ4n) is 2.08. The second-order valence-electron chi connectivity index (χ2n) is 4.65. The first kappa shape index (κ1) is 14.5. The molecule has 0 aromatic carbocycles. The predicted octanol–water partition coefficient (Wildman–Crippen LogP) is 2.56. The summed E-state index contributed by atoms with van der Waals surface area (Å²) in [4.78, 5) is 8.68. The summed E-state index contributed by atoms with van der Waals surface area (Å²) in [6, 6.07) is 1.73. The molecule has 1 aromatic heterocycles. The Morgan fingerprint density at radius 3 is 3.00 bits per heavy atom. The van der Waals surface area contributed by atoms with Crippen LogP contribution in [-0.4, -0.2) is 34.8 Å². The number of ether oxygens (including phenoxy) is 1. The lowest BCUT2D eigenvalue weighted by Gasteiger charge is -2.11. The van der Waals surface area contributed by atoms with Gasteiger partial charge in [0, 0.05) is 25.8 Å². The number of hydrogen-bond donors (Lipinski definition) is 2. The molecule has 0 bridgehead atoms. The van der Waals surface area contributed by atoms with Crippen molar-refractivity contribution in [3.63, 3.8) is 0 Å². The summed E-state index contributed by atoms with van der Waals surface area (Å²) in [6.07, 6.45) is 4.82. The normalized spacial score (nSPS) is 18.7. The second kappa shape index (κ2) is 7.62. The van der Waals surface area contributed by atoms with Crippen molar-refractivity contribution in [1.29, 1.82) is 0 Å². The molecule has 1 fully saturated rings. The zero-order valence-electron chi connectivity index (χ0n) is 10.9. The summed E-state index contributed by atoms with van der Waals surface area (Å²) in [5.74, 6) is 1.41. The number of aliphatic hydroxyl groups excluding tert-OH is 1. The number of nitrogens with one attached hydrogen (secondary N) is 1. The topological polar surface area (TPSA) is 67.3 Å². The standard InChI is InChI=1S/C13H20ClN3O2/c14-11-9-12(15-6-2-1-3-7-18)17-13(16-11)10-5-4-8-19-10/h9-10,18H,1-8H2,(H,15,16,17). The molecule has 1 atom stereocenters. The van der Waals surface area contributed by atoms with Gasteiger partial charge in [0.2, 0.25) is 0 Å². The average Bonchev–Trinajstić information content (AvgIpc) is 2.92. The summed E-state index contributed by atoms with van der Waals surface area (Å²) >= 11 is 6.01. The van der Waals surface area contributed by atoms with Gasteiger partial charge in [-0.25, -0.2) is 9.97 Å². The number of unbranched alkanes of at least 4 members (excludes halogenated alkanes) is 2. The molecule has 1 aliphatic heterocycles. The van der Waals surface area contributed by atoms with E-state index in [1.165, 1.54) is 0 Å². The predicted molar refractivity (Wildman–Crippen MR) is 74.4 cm³/mol. The monoisotopic (exact) mass is 285 g/mol. The highest BCUT2D eigenvalue weighted by Crippen LogP contribution is 2.27. The Kier molecular flexibility index (Phi) is 5.82. The average molecular weight is 286 g/mol. The zero-order chi connectivity index (χ0) is 13.5. The van der Waals surface area contributed by atoms with Crippen molar-refractivity contribution < 1.29 is 9.84 Å². The lowest BCUT2D eigenvalue weighted by Crippen LogP contribution is -2.09. The summed E-state index contributed by atoms with van der Waals surface area (Å²) in [7, 11) is 0. The van der Waals surface area contributed by atoms with Crippen LogP contribution in [0.2, 0.25) is 5.15 Å². The highest BCUT2D eigenvalue weighted by Gasteiger charge is 2.21. The summed E-state index contributed by atoms with van der Waals surface area (Å²) in [6.45, 7) is 1.84. The molecule has 0 amide bonds. The van der Waals surface area contributed by atoms with E-state index >= 15 is 0 Å². The number of nitrogens with zero attached hydrogens (tertiary/aromatic N) is 2. The van der Waals surface area contributed by atoms with Crippen LogP contribution < -0.4 is 5.32 Å². The Bertz CT molecular complexity index is 397. The molecule has 2 N–H and O–H groups in total. The van der Waals surface area contributed by atoms with E-state index in [2.05, 4.69) is 15.3 Å². The minimum absolute atomic E-state index is 0.0198. The lowest BCUT2D eigenvalue weighted by atomic mass is 10.2. The van der Waals surface area contributed by atoms with Crippen LogP contribution in [-0.2, 0) is 4.74 Å². The van der Waals surface area contributed by atoms with Gasteiger partial charge in [0.25, 0.3) is 0 Å². The number of aromatic nitrogens is 2. The molecular formula is C13H20ClN3O2. The van der Waals surface area contributed by atoms with Crippen LogP contribution in [0.4, 0.5) is 5.82 Å². The summed E-state index contributed by atoms with van der Waals surface area (Å²) in [5, 5.41) is 12.4. The third kappa shape index (κ3) is 4.60. The van der Waals surface area contributed by atoms with Gasteiger partial charge in [-0.15, -0.1) is 0 Å². The number of aliphatic hydroxyl groups is 1. The van der Waals surface area contributed by atoms with Crippen molar-refractivity contribution in [1.82, 2.24) is 9.97 Å². The van der Waals surface area contributed by atoms with Crippen LogP contribution in [0.5, 0.6) is 0 Å². The SMILES string of the molecule is OCCCCCNc1cc(Cl)nc(C2CCCO2)n1.